The van der Waals surface area contributed by atoms with E-state index >= 15 is 0 Å². The van der Waals surface area contributed by atoms with Crippen molar-refractivity contribution < 1.29 is 14.0 Å². The lowest BCUT2D eigenvalue weighted by Crippen LogP contribution is -2.42. The molecule has 2 aromatic heterocycles. The molecule has 0 fully saturated rings. The van der Waals surface area contributed by atoms with E-state index < -0.39 is 17.9 Å². The Morgan fingerprint density at radius 2 is 1.96 bits per heavy atom. The summed E-state index contributed by atoms with van der Waals surface area (Å²) in [5.41, 5.74) is -0.316. The van der Waals surface area contributed by atoms with Crippen LogP contribution in [0.2, 0.25) is 0 Å². The first-order valence-corrected chi connectivity index (χ1v) is 7.90. The number of nitrogens with zero attached hydrogens (tertiary/aromatic N) is 2. The summed E-state index contributed by atoms with van der Waals surface area (Å²) in [6.45, 7) is 7.92. The molecule has 7 nitrogen and oxygen atoms in total. The first-order valence-electron chi connectivity index (χ1n) is 7.90. The number of rotatable bonds is 4. The maximum atomic E-state index is 12.3. The standard InChI is InChI=1S/C17H24N4O3/c1-6-11-7-8-12(24-11)14(17(2,3)4)19-16(23)15(22)18-13-9-10-21(5)20-13/h7-10,14H,6H2,1-5H3,(H,19,23)(H,18,20,22). The van der Waals surface area contributed by atoms with Gasteiger partial charge in [0.05, 0.1) is 6.04 Å². The molecule has 0 radical (unpaired) electrons. The van der Waals surface area contributed by atoms with Crippen molar-refractivity contribution in [1.29, 1.82) is 0 Å². The highest BCUT2D eigenvalue weighted by Crippen LogP contribution is 2.33. The van der Waals surface area contributed by atoms with E-state index in [2.05, 4.69) is 15.7 Å². The molecule has 2 aromatic rings. The van der Waals surface area contributed by atoms with Gasteiger partial charge in [-0.15, -0.1) is 0 Å². The zero-order valence-electron chi connectivity index (χ0n) is 14.7. The van der Waals surface area contributed by atoms with Crippen LogP contribution in [0.3, 0.4) is 0 Å². The molecule has 0 saturated heterocycles. The monoisotopic (exact) mass is 332 g/mol. The van der Waals surface area contributed by atoms with Gasteiger partial charge < -0.3 is 15.1 Å². The Bertz CT molecular complexity index is 724. The highest BCUT2D eigenvalue weighted by Gasteiger charge is 2.32. The Labute approximate surface area is 141 Å². The van der Waals surface area contributed by atoms with Crippen LogP contribution in [0.25, 0.3) is 0 Å². The van der Waals surface area contributed by atoms with Gasteiger partial charge in [-0.3, -0.25) is 14.3 Å². The predicted octanol–water partition coefficient (Wildman–Crippen LogP) is 2.42. The maximum Gasteiger partial charge on any atom is 0.314 e. The molecule has 7 heteroatoms. The third kappa shape index (κ3) is 4.24. The fraction of sp³-hybridized carbons (Fsp3) is 0.471. The molecule has 0 bridgehead atoms. The second-order valence-corrected chi connectivity index (χ2v) is 6.76. The van der Waals surface area contributed by atoms with Crippen LogP contribution >= 0.6 is 0 Å². The third-order valence-electron chi connectivity index (χ3n) is 3.62. The predicted molar refractivity (Wildman–Crippen MR) is 90.3 cm³/mol. The molecule has 0 aliphatic heterocycles. The second kappa shape index (κ2) is 6.90. The topological polar surface area (TPSA) is 89.2 Å². The first kappa shape index (κ1) is 17.8. The lowest BCUT2D eigenvalue weighted by atomic mass is 9.85. The minimum atomic E-state index is -0.759. The van der Waals surface area contributed by atoms with Crippen molar-refractivity contribution in [3.8, 4) is 0 Å². The Balaban J connectivity index is 2.11. The van der Waals surface area contributed by atoms with Gasteiger partial charge in [0.1, 0.15) is 11.5 Å². The van der Waals surface area contributed by atoms with Crippen LogP contribution in [-0.2, 0) is 23.1 Å². The average Bonchev–Trinajstić information content (AvgIpc) is 3.12. The number of amides is 2. The number of nitrogens with one attached hydrogen (secondary N) is 2. The summed E-state index contributed by atoms with van der Waals surface area (Å²) in [5.74, 6) is 0.321. The zero-order chi connectivity index (χ0) is 17.9. The summed E-state index contributed by atoms with van der Waals surface area (Å²) in [6.07, 6.45) is 2.45. The van der Waals surface area contributed by atoms with Crippen molar-refractivity contribution >= 4 is 17.6 Å². The Kier molecular flexibility index (Phi) is 5.11. The first-order chi connectivity index (χ1) is 11.2. The smallest absolute Gasteiger partial charge is 0.314 e. The number of furan rings is 1. The van der Waals surface area contributed by atoms with E-state index in [-0.39, 0.29) is 5.41 Å². The lowest BCUT2D eigenvalue weighted by Gasteiger charge is -2.29. The minimum Gasteiger partial charge on any atom is -0.464 e. The lowest BCUT2D eigenvalue weighted by molar-refractivity contribution is -0.137. The molecule has 1 atom stereocenters. The van der Waals surface area contributed by atoms with Crippen molar-refractivity contribution in [1.82, 2.24) is 15.1 Å². The highest BCUT2D eigenvalue weighted by molar-refractivity contribution is 6.39. The van der Waals surface area contributed by atoms with Crippen LogP contribution in [0, 0.1) is 5.41 Å². The van der Waals surface area contributed by atoms with Crippen LogP contribution < -0.4 is 10.6 Å². The van der Waals surface area contributed by atoms with E-state index in [0.717, 1.165) is 12.2 Å². The van der Waals surface area contributed by atoms with E-state index in [0.29, 0.717) is 11.6 Å². The van der Waals surface area contributed by atoms with E-state index in [9.17, 15) is 9.59 Å². The van der Waals surface area contributed by atoms with Gasteiger partial charge in [0.15, 0.2) is 5.82 Å². The number of hydrogen-bond acceptors (Lipinski definition) is 4. The van der Waals surface area contributed by atoms with Gasteiger partial charge in [-0.25, -0.2) is 0 Å². The number of carbonyl (C=O) groups is 2. The van der Waals surface area contributed by atoms with Gasteiger partial charge in [-0.05, 0) is 17.5 Å². The molecule has 1 unspecified atom stereocenters. The summed E-state index contributed by atoms with van der Waals surface area (Å²) in [4.78, 5) is 24.3. The quantitative estimate of drug-likeness (QED) is 0.842. The van der Waals surface area contributed by atoms with Gasteiger partial charge in [0.2, 0.25) is 0 Å². The molecular formula is C17H24N4O3. The van der Waals surface area contributed by atoms with Gasteiger partial charge in [-0.1, -0.05) is 27.7 Å². The van der Waals surface area contributed by atoms with Gasteiger partial charge in [0.25, 0.3) is 0 Å². The summed E-state index contributed by atoms with van der Waals surface area (Å²) < 4.78 is 7.30. The van der Waals surface area contributed by atoms with Gasteiger partial charge in [-0.2, -0.15) is 5.10 Å². The molecule has 0 aliphatic carbocycles. The summed E-state index contributed by atoms with van der Waals surface area (Å²) in [6, 6.07) is 4.92. The SMILES string of the molecule is CCc1ccc(C(NC(=O)C(=O)Nc2ccn(C)n2)C(C)(C)C)o1. The molecule has 0 aliphatic rings. The number of carbonyl (C=O) groups excluding carboxylic acids is 2. The van der Waals surface area contributed by atoms with E-state index in [1.54, 1.807) is 24.0 Å². The average molecular weight is 332 g/mol. The molecule has 0 aromatic carbocycles. The Hall–Kier alpha value is -2.57. The zero-order valence-corrected chi connectivity index (χ0v) is 14.7. The van der Waals surface area contributed by atoms with E-state index in [4.69, 9.17) is 4.42 Å². The molecule has 2 heterocycles. The maximum absolute atomic E-state index is 12.3. The summed E-state index contributed by atoms with van der Waals surface area (Å²) in [7, 11) is 1.73. The molecule has 0 spiro atoms. The number of aromatic nitrogens is 2. The molecule has 0 saturated carbocycles. The molecule has 24 heavy (non-hydrogen) atoms. The Morgan fingerprint density at radius 1 is 1.25 bits per heavy atom. The van der Waals surface area contributed by atoms with Crippen LogP contribution in [0.4, 0.5) is 5.82 Å². The number of aryl methyl sites for hydroxylation is 2. The van der Waals surface area contributed by atoms with Crippen molar-refractivity contribution in [2.24, 2.45) is 12.5 Å². The van der Waals surface area contributed by atoms with Crippen molar-refractivity contribution in [2.45, 2.75) is 40.2 Å². The fourth-order valence-electron chi connectivity index (χ4n) is 2.31. The van der Waals surface area contributed by atoms with Crippen molar-refractivity contribution in [2.75, 3.05) is 5.32 Å². The molecule has 2 amide bonds. The minimum absolute atomic E-state index is 0.316. The number of anilines is 1. The van der Waals surface area contributed by atoms with Crippen LogP contribution in [0.5, 0.6) is 0 Å². The molecule has 2 rings (SSSR count). The number of hydrogen-bond donors (Lipinski definition) is 2. The highest BCUT2D eigenvalue weighted by atomic mass is 16.3. The second-order valence-electron chi connectivity index (χ2n) is 6.76. The van der Waals surface area contributed by atoms with Gasteiger partial charge in [0, 0.05) is 25.7 Å². The Morgan fingerprint density at radius 3 is 2.46 bits per heavy atom. The van der Waals surface area contributed by atoms with Crippen LogP contribution in [-0.4, -0.2) is 21.6 Å². The van der Waals surface area contributed by atoms with Crippen LogP contribution in [0.15, 0.2) is 28.8 Å². The molecule has 2 N–H and O–H groups in total. The third-order valence-corrected chi connectivity index (χ3v) is 3.62. The normalized spacial score (nSPS) is 12.7. The van der Waals surface area contributed by atoms with E-state index in [1.165, 1.54) is 0 Å². The largest absolute Gasteiger partial charge is 0.464 e. The fourth-order valence-corrected chi connectivity index (χ4v) is 2.31. The molecule has 130 valence electrons. The van der Waals surface area contributed by atoms with E-state index in [1.807, 2.05) is 39.8 Å². The van der Waals surface area contributed by atoms with Crippen molar-refractivity contribution in [3.05, 3.63) is 35.9 Å². The van der Waals surface area contributed by atoms with Gasteiger partial charge >= 0.3 is 11.8 Å². The summed E-state index contributed by atoms with van der Waals surface area (Å²) >= 11 is 0. The van der Waals surface area contributed by atoms with Crippen LogP contribution in [0.1, 0.15) is 45.3 Å². The molecular weight excluding hydrogens is 308 g/mol. The summed E-state index contributed by atoms with van der Waals surface area (Å²) in [5, 5.41) is 9.25. The van der Waals surface area contributed by atoms with Crippen molar-refractivity contribution in [3.63, 3.8) is 0 Å².